The number of hydrogen-bond acceptors (Lipinski definition) is 3. The summed E-state index contributed by atoms with van der Waals surface area (Å²) in [7, 11) is -2.05. The number of fused-ring (bicyclic) bond motifs is 1. The summed E-state index contributed by atoms with van der Waals surface area (Å²) in [6.07, 6.45) is 3.81. The van der Waals surface area contributed by atoms with Crippen molar-refractivity contribution < 1.29 is 13.2 Å². The molecule has 2 aromatic carbocycles. The molecule has 0 fully saturated rings. The highest BCUT2D eigenvalue weighted by Crippen LogP contribution is 2.35. The largest absolute Gasteiger partial charge is 0.496 e. The van der Waals surface area contributed by atoms with Crippen molar-refractivity contribution in [1.82, 2.24) is 4.98 Å². The molecule has 0 saturated heterocycles. The van der Waals surface area contributed by atoms with Gasteiger partial charge in [0.2, 0.25) is 9.84 Å². The van der Waals surface area contributed by atoms with Crippen molar-refractivity contribution in [2.24, 2.45) is 0 Å². The summed E-state index contributed by atoms with van der Waals surface area (Å²) in [5, 5.41) is 0.662. The maximum atomic E-state index is 13.1. The lowest BCUT2D eigenvalue weighted by Crippen LogP contribution is -2.02. The molecule has 0 unspecified atom stereocenters. The van der Waals surface area contributed by atoms with E-state index in [1.807, 2.05) is 19.1 Å². The number of nitrogens with one attached hydrogen (secondary N) is 1. The van der Waals surface area contributed by atoms with Crippen molar-refractivity contribution in [3.63, 3.8) is 0 Å². The average Bonchev–Trinajstić information content (AvgIpc) is 3.01. The number of aromatic amines is 1. The lowest BCUT2D eigenvalue weighted by molar-refractivity contribution is 0.411. The predicted molar refractivity (Wildman–Crippen MR) is 95.4 cm³/mol. The second kappa shape index (κ2) is 6.17. The summed E-state index contributed by atoms with van der Waals surface area (Å²) in [6, 6.07) is 10.5. The van der Waals surface area contributed by atoms with E-state index in [-0.39, 0.29) is 9.79 Å². The zero-order chi connectivity index (χ0) is 17.3. The maximum Gasteiger partial charge on any atom is 0.208 e. The zero-order valence-electron chi connectivity index (χ0n) is 13.7. The minimum atomic E-state index is -3.63. The van der Waals surface area contributed by atoms with Crippen molar-refractivity contribution >= 4 is 20.7 Å². The molecule has 1 aromatic heterocycles. The number of methoxy groups -OCH3 is 1. The summed E-state index contributed by atoms with van der Waals surface area (Å²) in [5.74, 6) is 0.655. The Balaban J connectivity index is 2.30. The highest BCUT2D eigenvalue weighted by Gasteiger charge is 2.24. The number of hydrogen-bond donors (Lipinski definition) is 1. The molecule has 3 rings (SSSR count). The van der Waals surface area contributed by atoms with E-state index < -0.39 is 9.84 Å². The van der Waals surface area contributed by atoms with Gasteiger partial charge in [-0.05, 0) is 37.6 Å². The summed E-state index contributed by atoms with van der Waals surface area (Å²) in [6.45, 7) is 5.69. The fourth-order valence-electron chi connectivity index (χ4n) is 2.84. The van der Waals surface area contributed by atoms with Gasteiger partial charge in [-0.2, -0.15) is 0 Å². The number of allylic oxidation sites excluding steroid dienone is 1. The van der Waals surface area contributed by atoms with Crippen molar-refractivity contribution in [2.45, 2.75) is 23.1 Å². The molecule has 0 aliphatic carbocycles. The van der Waals surface area contributed by atoms with Crippen LogP contribution in [0.1, 0.15) is 11.1 Å². The highest BCUT2D eigenvalue weighted by molar-refractivity contribution is 7.91. The molecule has 1 heterocycles. The van der Waals surface area contributed by atoms with Gasteiger partial charge in [-0.25, -0.2) is 8.42 Å². The van der Waals surface area contributed by atoms with Gasteiger partial charge in [-0.3, -0.25) is 0 Å². The predicted octanol–water partition coefficient (Wildman–Crippen LogP) is 4.05. The van der Waals surface area contributed by atoms with E-state index in [4.69, 9.17) is 4.74 Å². The van der Waals surface area contributed by atoms with Crippen molar-refractivity contribution in [3.05, 3.63) is 66.4 Å². The first-order valence-electron chi connectivity index (χ1n) is 7.58. The molecule has 0 aliphatic rings. The number of rotatable bonds is 5. The Hall–Kier alpha value is -2.53. The molecular formula is C19H19NO3S. The fourth-order valence-corrected chi connectivity index (χ4v) is 4.30. The topological polar surface area (TPSA) is 59.2 Å². The van der Waals surface area contributed by atoms with Crippen LogP contribution >= 0.6 is 0 Å². The lowest BCUT2D eigenvalue weighted by Gasteiger charge is -2.10. The molecule has 0 amide bonds. The van der Waals surface area contributed by atoms with Crippen LogP contribution in [0.2, 0.25) is 0 Å². The van der Waals surface area contributed by atoms with Crippen molar-refractivity contribution in [2.75, 3.05) is 7.11 Å². The van der Waals surface area contributed by atoms with Crippen LogP contribution in [0.5, 0.6) is 5.75 Å². The summed E-state index contributed by atoms with van der Waals surface area (Å²) >= 11 is 0. The standard InChI is InChI=1S/C19H19NO3S/c1-4-5-15-17(23-3)11-10-16-19(15)18(12-20-16)24(21,22)14-8-6-13(2)7-9-14/h4,6-12,20H,1,5H2,2-3H3. The smallest absolute Gasteiger partial charge is 0.208 e. The Bertz CT molecular complexity index is 999. The number of aromatic nitrogens is 1. The Morgan fingerprint density at radius 1 is 1.17 bits per heavy atom. The molecule has 0 saturated carbocycles. The molecule has 124 valence electrons. The first-order chi connectivity index (χ1) is 11.5. The molecule has 24 heavy (non-hydrogen) atoms. The average molecular weight is 341 g/mol. The van der Waals surface area contributed by atoms with E-state index in [9.17, 15) is 8.42 Å². The van der Waals surface area contributed by atoms with Gasteiger partial charge in [0, 0.05) is 22.7 Å². The normalized spacial score (nSPS) is 11.6. The van der Waals surface area contributed by atoms with Gasteiger partial charge >= 0.3 is 0 Å². The molecule has 0 bridgehead atoms. The molecule has 4 nitrogen and oxygen atoms in total. The van der Waals surface area contributed by atoms with Gasteiger partial charge in [0.15, 0.2) is 0 Å². The maximum absolute atomic E-state index is 13.1. The summed E-state index contributed by atoms with van der Waals surface area (Å²) < 4.78 is 31.6. The monoisotopic (exact) mass is 341 g/mol. The van der Waals surface area contributed by atoms with Crippen LogP contribution in [0, 0.1) is 6.92 Å². The lowest BCUT2D eigenvalue weighted by atomic mass is 10.1. The number of sulfone groups is 1. The third kappa shape index (κ3) is 2.61. The van der Waals surface area contributed by atoms with Crippen LogP contribution in [0.4, 0.5) is 0 Å². The van der Waals surface area contributed by atoms with Crippen LogP contribution in [-0.2, 0) is 16.3 Å². The molecule has 0 atom stereocenters. The number of benzene rings is 2. The first-order valence-corrected chi connectivity index (χ1v) is 9.07. The van der Waals surface area contributed by atoms with Gasteiger partial charge in [-0.1, -0.05) is 23.8 Å². The van der Waals surface area contributed by atoms with E-state index >= 15 is 0 Å². The van der Waals surface area contributed by atoms with E-state index in [1.54, 1.807) is 43.6 Å². The Kier molecular flexibility index (Phi) is 4.20. The third-order valence-electron chi connectivity index (χ3n) is 4.06. The zero-order valence-corrected chi connectivity index (χ0v) is 14.5. The number of aryl methyl sites for hydroxylation is 1. The second-order valence-electron chi connectivity index (χ2n) is 5.63. The minimum absolute atomic E-state index is 0.261. The SMILES string of the molecule is C=CCc1c(OC)ccc2[nH]cc(S(=O)(=O)c3ccc(C)cc3)c12. The minimum Gasteiger partial charge on any atom is -0.496 e. The van der Waals surface area contributed by atoms with Crippen molar-refractivity contribution in [3.8, 4) is 5.75 Å². The number of H-pyrrole nitrogens is 1. The van der Waals surface area contributed by atoms with Crippen LogP contribution in [0.25, 0.3) is 10.9 Å². The molecule has 0 spiro atoms. The Morgan fingerprint density at radius 3 is 2.50 bits per heavy atom. The van der Waals surface area contributed by atoms with Crippen LogP contribution in [-0.4, -0.2) is 20.5 Å². The molecule has 3 aromatic rings. The van der Waals surface area contributed by atoms with Crippen LogP contribution in [0.3, 0.4) is 0 Å². The van der Waals surface area contributed by atoms with E-state index in [1.165, 1.54) is 0 Å². The second-order valence-corrected chi connectivity index (χ2v) is 7.55. The molecule has 5 heteroatoms. The highest BCUT2D eigenvalue weighted by atomic mass is 32.2. The van der Waals surface area contributed by atoms with Gasteiger partial charge in [0.05, 0.1) is 16.9 Å². The Morgan fingerprint density at radius 2 is 1.88 bits per heavy atom. The number of ether oxygens (including phenoxy) is 1. The summed E-state index contributed by atoms with van der Waals surface area (Å²) in [5.41, 5.74) is 2.59. The van der Waals surface area contributed by atoms with Gasteiger partial charge in [0.25, 0.3) is 0 Å². The van der Waals surface area contributed by atoms with E-state index in [0.717, 1.165) is 16.6 Å². The Labute approximate surface area is 141 Å². The van der Waals surface area contributed by atoms with Crippen LogP contribution < -0.4 is 4.74 Å². The van der Waals surface area contributed by atoms with Crippen molar-refractivity contribution in [1.29, 1.82) is 0 Å². The molecule has 1 N–H and O–H groups in total. The quantitative estimate of drug-likeness (QED) is 0.712. The molecule has 0 radical (unpaired) electrons. The van der Waals surface area contributed by atoms with Gasteiger partial charge in [0.1, 0.15) is 5.75 Å². The van der Waals surface area contributed by atoms with Crippen LogP contribution in [0.15, 0.2) is 65.0 Å². The fraction of sp³-hybridized carbons (Fsp3) is 0.158. The van der Waals surface area contributed by atoms with E-state index in [0.29, 0.717) is 17.6 Å². The first kappa shape index (κ1) is 16.3. The summed E-state index contributed by atoms with van der Waals surface area (Å²) in [4.78, 5) is 3.60. The third-order valence-corrected chi connectivity index (χ3v) is 5.86. The van der Waals surface area contributed by atoms with E-state index in [2.05, 4.69) is 11.6 Å². The van der Waals surface area contributed by atoms with Gasteiger partial charge in [-0.15, -0.1) is 6.58 Å². The molecular weight excluding hydrogens is 322 g/mol. The van der Waals surface area contributed by atoms with Gasteiger partial charge < -0.3 is 9.72 Å². The molecule has 0 aliphatic heterocycles.